The van der Waals surface area contributed by atoms with Crippen molar-refractivity contribution in [1.82, 2.24) is 0 Å². The number of methoxy groups -OCH3 is 2. The molecule has 0 atom stereocenters. The first-order valence-electron chi connectivity index (χ1n) is 4.87. The topological polar surface area (TPSA) is 52.6 Å². The molecule has 17 heavy (non-hydrogen) atoms. The first-order valence-corrected chi connectivity index (χ1v) is 4.87. The highest BCUT2D eigenvalue weighted by molar-refractivity contribution is 5.92. The number of esters is 2. The number of hydrogen-bond acceptors (Lipinski definition) is 4. The van der Waals surface area contributed by atoms with Gasteiger partial charge in [-0.1, -0.05) is 12.0 Å². The van der Waals surface area contributed by atoms with Crippen molar-refractivity contribution in [3.05, 3.63) is 34.9 Å². The van der Waals surface area contributed by atoms with E-state index in [0.717, 1.165) is 5.56 Å². The second kappa shape index (κ2) is 5.71. The molecule has 0 saturated heterocycles. The molecule has 0 fully saturated rings. The van der Waals surface area contributed by atoms with E-state index in [2.05, 4.69) is 21.3 Å². The van der Waals surface area contributed by atoms with Gasteiger partial charge < -0.3 is 9.47 Å². The average molecular weight is 232 g/mol. The lowest BCUT2D eigenvalue weighted by atomic mass is 10.1. The van der Waals surface area contributed by atoms with Crippen molar-refractivity contribution in [3.8, 4) is 11.8 Å². The van der Waals surface area contributed by atoms with Gasteiger partial charge in [0.15, 0.2) is 0 Å². The summed E-state index contributed by atoms with van der Waals surface area (Å²) in [6, 6.07) is 5.04. The smallest absolute Gasteiger partial charge is 0.384 e. The lowest BCUT2D eigenvalue weighted by Crippen LogP contribution is -2.04. The standard InChI is InChI=1S/C13H12O4/c1-9-4-5-10(6-7-12(14)16-2)8-11(9)13(15)17-3/h4-5,8H,1-3H3. The van der Waals surface area contributed by atoms with Gasteiger partial charge in [-0.2, -0.15) is 0 Å². The third-order valence-electron chi connectivity index (χ3n) is 2.14. The lowest BCUT2D eigenvalue weighted by molar-refractivity contribution is -0.133. The van der Waals surface area contributed by atoms with Crippen LogP contribution in [0.1, 0.15) is 21.5 Å². The Hall–Kier alpha value is -2.28. The maximum absolute atomic E-state index is 11.4. The van der Waals surface area contributed by atoms with Crippen LogP contribution in [0.4, 0.5) is 0 Å². The Balaban J connectivity index is 3.07. The fourth-order valence-corrected chi connectivity index (χ4v) is 1.20. The molecule has 0 unspecified atom stereocenters. The van der Waals surface area contributed by atoms with Crippen molar-refractivity contribution in [2.24, 2.45) is 0 Å². The minimum absolute atomic E-state index is 0.427. The molecule has 0 aromatic heterocycles. The molecule has 1 aromatic rings. The van der Waals surface area contributed by atoms with Gasteiger partial charge in [0.2, 0.25) is 0 Å². The van der Waals surface area contributed by atoms with E-state index in [1.54, 1.807) is 25.1 Å². The zero-order chi connectivity index (χ0) is 12.8. The second-order valence-electron chi connectivity index (χ2n) is 3.26. The minimum Gasteiger partial charge on any atom is -0.465 e. The van der Waals surface area contributed by atoms with E-state index in [4.69, 9.17) is 0 Å². The molecule has 0 spiro atoms. The van der Waals surface area contributed by atoms with Crippen LogP contribution in [0.2, 0.25) is 0 Å². The van der Waals surface area contributed by atoms with Crippen LogP contribution >= 0.6 is 0 Å². The number of aryl methyl sites for hydroxylation is 1. The average Bonchev–Trinajstić information content (AvgIpc) is 2.36. The van der Waals surface area contributed by atoms with Gasteiger partial charge in [0.1, 0.15) is 0 Å². The summed E-state index contributed by atoms with van der Waals surface area (Å²) in [4.78, 5) is 22.3. The summed E-state index contributed by atoms with van der Waals surface area (Å²) in [6.07, 6.45) is 0. The predicted octanol–water partition coefficient (Wildman–Crippen LogP) is 1.31. The zero-order valence-corrected chi connectivity index (χ0v) is 9.87. The molecular weight excluding hydrogens is 220 g/mol. The number of benzene rings is 1. The fraction of sp³-hybridized carbons (Fsp3) is 0.231. The molecule has 0 aliphatic rings. The Morgan fingerprint density at radius 1 is 1.18 bits per heavy atom. The van der Waals surface area contributed by atoms with E-state index in [1.165, 1.54) is 14.2 Å². The van der Waals surface area contributed by atoms with E-state index in [1.807, 2.05) is 0 Å². The van der Waals surface area contributed by atoms with Crippen LogP contribution in [-0.2, 0) is 14.3 Å². The Labute approximate surface area is 99.5 Å². The summed E-state index contributed by atoms with van der Waals surface area (Å²) >= 11 is 0. The molecular formula is C13H12O4. The van der Waals surface area contributed by atoms with E-state index >= 15 is 0 Å². The molecule has 1 rings (SSSR count). The SMILES string of the molecule is COC(=O)C#Cc1ccc(C)c(C(=O)OC)c1. The van der Waals surface area contributed by atoms with Crippen LogP contribution in [0.5, 0.6) is 0 Å². The van der Waals surface area contributed by atoms with E-state index in [9.17, 15) is 9.59 Å². The van der Waals surface area contributed by atoms with E-state index in [0.29, 0.717) is 11.1 Å². The van der Waals surface area contributed by atoms with Gasteiger partial charge in [-0.05, 0) is 24.6 Å². The summed E-state index contributed by atoms with van der Waals surface area (Å²) in [5.74, 6) is 3.85. The van der Waals surface area contributed by atoms with Crippen LogP contribution in [0, 0.1) is 18.8 Å². The fourth-order valence-electron chi connectivity index (χ4n) is 1.20. The highest BCUT2D eigenvalue weighted by Crippen LogP contribution is 2.11. The molecule has 0 aliphatic carbocycles. The number of carbonyl (C=O) groups excluding carboxylic acids is 2. The molecule has 0 saturated carbocycles. The monoisotopic (exact) mass is 232 g/mol. The molecule has 88 valence electrons. The molecule has 0 aliphatic heterocycles. The lowest BCUT2D eigenvalue weighted by Gasteiger charge is -2.03. The first kappa shape index (κ1) is 12.8. The molecule has 0 N–H and O–H groups in total. The number of hydrogen-bond donors (Lipinski definition) is 0. The third-order valence-corrected chi connectivity index (χ3v) is 2.14. The Morgan fingerprint density at radius 2 is 1.88 bits per heavy atom. The molecule has 0 radical (unpaired) electrons. The normalized spacial score (nSPS) is 8.88. The first-order chi connectivity index (χ1) is 8.08. The summed E-state index contributed by atoms with van der Waals surface area (Å²) in [7, 11) is 2.57. The molecule has 4 nitrogen and oxygen atoms in total. The Kier molecular flexibility index (Phi) is 4.29. The summed E-state index contributed by atoms with van der Waals surface area (Å²) < 4.78 is 9.03. The highest BCUT2D eigenvalue weighted by atomic mass is 16.5. The second-order valence-corrected chi connectivity index (χ2v) is 3.26. The number of carbonyl (C=O) groups is 2. The van der Waals surface area contributed by atoms with Crippen molar-refractivity contribution in [3.63, 3.8) is 0 Å². The number of ether oxygens (including phenoxy) is 2. The van der Waals surface area contributed by atoms with E-state index < -0.39 is 11.9 Å². The number of rotatable bonds is 1. The maximum atomic E-state index is 11.4. The minimum atomic E-state index is -0.620. The summed E-state index contributed by atoms with van der Waals surface area (Å²) in [6.45, 7) is 1.80. The van der Waals surface area contributed by atoms with Gasteiger partial charge in [0.25, 0.3) is 0 Å². The largest absolute Gasteiger partial charge is 0.465 e. The van der Waals surface area contributed by atoms with Crippen molar-refractivity contribution >= 4 is 11.9 Å². The van der Waals surface area contributed by atoms with Crippen LogP contribution in [0.25, 0.3) is 0 Å². The van der Waals surface area contributed by atoms with Gasteiger partial charge in [0, 0.05) is 11.5 Å². The zero-order valence-electron chi connectivity index (χ0n) is 9.87. The van der Waals surface area contributed by atoms with Crippen molar-refractivity contribution < 1.29 is 19.1 Å². The summed E-state index contributed by atoms with van der Waals surface area (Å²) in [5.41, 5.74) is 1.78. The van der Waals surface area contributed by atoms with Gasteiger partial charge in [-0.3, -0.25) is 0 Å². The quantitative estimate of drug-likeness (QED) is 0.541. The maximum Gasteiger partial charge on any atom is 0.384 e. The van der Waals surface area contributed by atoms with Crippen LogP contribution in [0.3, 0.4) is 0 Å². The summed E-state index contributed by atoms with van der Waals surface area (Å²) in [5, 5.41) is 0. The van der Waals surface area contributed by atoms with Gasteiger partial charge in [-0.25, -0.2) is 9.59 Å². The van der Waals surface area contributed by atoms with Crippen LogP contribution < -0.4 is 0 Å². The molecule has 0 heterocycles. The van der Waals surface area contributed by atoms with Crippen LogP contribution in [-0.4, -0.2) is 26.2 Å². The van der Waals surface area contributed by atoms with Crippen molar-refractivity contribution in [1.29, 1.82) is 0 Å². The molecule has 1 aromatic carbocycles. The molecule has 0 amide bonds. The highest BCUT2D eigenvalue weighted by Gasteiger charge is 2.08. The Morgan fingerprint density at radius 3 is 2.47 bits per heavy atom. The molecule has 4 heteroatoms. The van der Waals surface area contributed by atoms with E-state index in [-0.39, 0.29) is 0 Å². The van der Waals surface area contributed by atoms with Gasteiger partial charge in [0.05, 0.1) is 19.8 Å². The molecule has 0 bridgehead atoms. The van der Waals surface area contributed by atoms with Gasteiger partial charge >= 0.3 is 11.9 Å². The van der Waals surface area contributed by atoms with Crippen LogP contribution in [0.15, 0.2) is 18.2 Å². The van der Waals surface area contributed by atoms with Crippen molar-refractivity contribution in [2.45, 2.75) is 6.92 Å². The van der Waals surface area contributed by atoms with Crippen molar-refractivity contribution in [2.75, 3.05) is 14.2 Å². The van der Waals surface area contributed by atoms with Gasteiger partial charge in [-0.15, -0.1) is 0 Å². The Bertz CT molecular complexity index is 506. The predicted molar refractivity (Wildman–Crippen MR) is 61.4 cm³/mol. The third kappa shape index (κ3) is 3.35.